The van der Waals surface area contributed by atoms with E-state index >= 15 is 0 Å². The Kier molecular flexibility index (Phi) is 7.07. The van der Waals surface area contributed by atoms with Gasteiger partial charge in [-0.05, 0) is 25.3 Å². The second-order valence-electron chi connectivity index (χ2n) is 8.69. The van der Waals surface area contributed by atoms with Crippen LogP contribution < -0.4 is 15.6 Å². The number of unbranched alkanes of at least 4 members (excludes halogenated alkanes) is 1. The van der Waals surface area contributed by atoms with Gasteiger partial charge in [-0.1, -0.05) is 18.2 Å². The van der Waals surface area contributed by atoms with E-state index < -0.39 is 6.61 Å². The number of para-hydroxylation sites is 1. The Labute approximate surface area is 202 Å². The summed E-state index contributed by atoms with van der Waals surface area (Å²) < 4.78 is 8.99. The molecule has 1 fully saturated rings. The van der Waals surface area contributed by atoms with Gasteiger partial charge >= 0.3 is 0 Å². The molecule has 0 aliphatic carbocycles. The van der Waals surface area contributed by atoms with E-state index in [1.807, 2.05) is 24.3 Å². The van der Waals surface area contributed by atoms with Gasteiger partial charge in [-0.3, -0.25) is 14.4 Å². The number of nitriles is 1. The number of aliphatic hydroxyl groups excluding tert-OH is 1. The van der Waals surface area contributed by atoms with Crippen molar-refractivity contribution in [1.29, 1.82) is 5.26 Å². The average Bonchev–Trinajstić information content (AvgIpc) is 3.18. The number of aromatic nitrogens is 2. The molecule has 35 heavy (non-hydrogen) atoms. The molecular weight excluding hydrogens is 450 g/mol. The number of piperidine rings is 1. The minimum atomic E-state index is -0.522. The second-order valence-corrected chi connectivity index (χ2v) is 8.69. The summed E-state index contributed by atoms with van der Waals surface area (Å²) in [5.74, 6) is -0.451. The van der Waals surface area contributed by atoms with Crippen molar-refractivity contribution in [2.75, 3.05) is 26.8 Å². The van der Waals surface area contributed by atoms with Crippen LogP contribution in [0.3, 0.4) is 0 Å². The maximum absolute atomic E-state index is 13.6. The highest BCUT2D eigenvalue weighted by Crippen LogP contribution is 2.34. The number of rotatable bonds is 7. The maximum Gasteiger partial charge on any atom is 0.272 e. The lowest BCUT2D eigenvalue weighted by molar-refractivity contribution is -0.135. The highest BCUT2D eigenvalue weighted by Gasteiger charge is 2.30. The summed E-state index contributed by atoms with van der Waals surface area (Å²) in [6, 6.07) is 9.48. The number of benzene rings is 1. The Morgan fingerprint density at radius 1 is 1.26 bits per heavy atom. The topological polar surface area (TPSA) is 130 Å². The first kappa shape index (κ1) is 24.3. The summed E-state index contributed by atoms with van der Waals surface area (Å²) in [5.41, 5.74) is 1.35. The molecule has 1 saturated heterocycles. The predicted octanol–water partition coefficient (Wildman–Crippen LogP) is 1.52. The van der Waals surface area contributed by atoms with Crippen LogP contribution in [-0.2, 0) is 18.4 Å². The van der Waals surface area contributed by atoms with E-state index in [0.717, 1.165) is 10.9 Å². The number of likely N-dealkylation sites (tertiary alicyclic amines) is 1. The van der Waals surface area contributed by atoms with Gasteiger partial charge in [0.2, 0.25) is 5.91 Å². The van der Waals surface area contributed by atoms with Crippen molar-refractivity contribution < 1.29 is 19.4 Å². The van der Waals surface area contributed by atoms with E-state index in [4.69, 9.17) is 15.1 Å². The number of aliphatic hydroxyl groups is 1. The third kappa shape index (κ3) is 4.35. The average molecular weight is 480 g/mol. The molecule has 2 amide bonds. The number of hydrogen-bond acceptors (Lipinski definition) is 6. The van der Waals surface area contributed by atoms with Crippen molar-refractivity contribution in [3.05, 3.63) is 40.3 Å². The van der Waals surface area contributed by atoms with Crippen molar-refractivity contribution in [2.24, 2.45) is 7.05 Å². The number of ether oxygens (including phenoxy) is 1. The third-order valence-corrected chi connectivity index (χ3v) is 6.67. The molecule has 4 rings (SSSR count). The Balaban J connectivity index is 1.75. The number of fused-ring (bicyclic) bond motifs is 3. The number of pyridine rings is 1. The number of hydrogen-bond donors (Lipinski definition) is 2. The zero-order valence-electron chi connectivity index (χ0n) is 19.9. The molecule has 2 aromatic heterocycles. The number of carbonyl (C=O) groups excluding carboxylic acids is 2. The van der Waals surface area contributed by atoms with Crippen molar-refractivity contribution >= 4 is 33.6 Å². The largest absolute Gasteiger partial charge is 0.493 e. The van der Waals surface area contributed by atoms with Crippen LogP contribution in [0.5, 0.6) is 5.75 Å². The van der Waals surface area contributed by atoms with Gasteiger partial charge in [0.15, 0.2) is 11.4 Å². The van der Waals surface area contributed by atoms with Crippen LogP contribution in [0.1, 0.15) is 36.2 Å². The predicted molar refractivity (Wildman–Crippen MR) is 130 cm³/mol. The molecule has 3 heterocycles. The van der Waals surface area contributed by atoms with Crippen LogP contribution >= 0.6 is 0 Å². The Hall–Kier alpha value is -3.84. The normalized spacial score (nSPS) is 14.3. The Bertz CT molecular complexity index is 1380. The molecular formula is C25H29N5O5. The molecule has 184 valence electrons. The number of methoxy groups -OCH3 is 1. The molecule has 3 aromatic rings. The van der Waals surface area contributed by atoms with Gasteiger partial charge in [-0.25, -0.2) is 0 Å². The van der Waals surface area contributed by atoms with Crippen LogP contribution in [0.15, 0.2) is 29.1 Å². The number of nitrogens with zero attached hydrogens (tertiary/aromatic N) is 4. The van der Waals surface area contributed by atoms with Gasteiger partial charge in [0.05, 0.1) is 24.2 Å². The van der Waals surface area contributed by atoms with Crippen molar-refractivity contribution in [3.63, 3.8) is 0 Å². The fourth-order valence-corrected chi connectivity index (χ4v) is 4.94. The molecule has 0 unspecified atom stereocenters. The molecule has 0 saturated carbocycles. The number of aryl methyl sites for hydroxylation is 2. The molecule has 1 aromatic carbocycles. The third-order valence-electron chi connectivity index (χ3n) is 6.67. The minimum Gasteiger partial charge on any atom is -0.493 e. The van der Waals surface area contributed by atoms with Crippen LogP contribution in [0.25, 0.3) is 21.8 Å². The highest BCUT2D eigenvalue weighted by molar-refractivity contribution is 6.12. The van der Waals surface area contributed by atoms with E-state index in [1.54, 1.807) is 21.1 Å². The van der Waals surface area contributed by atoms with Gasteiger partial charge in [0, 0.05) is 44.5 Å². The molecule has 1 aliphatic rings. The lowest BCUT2D eigenvalue weighted by atomic mass is 10.0. The zero-order chi connectivity index (χ0) is 25.1. The molecule has 0 bridgehead atoms. The zero-order valence-corrected chi connectivity index (χ0v) is 19.9. The van der Waals surface area contributed by atoms with Gasteiger partial charge in [-0.2, -0.15) is 5.26 Å². The van der Waals surface area contributed by atoms with E-state index in [-0.39, 0.29) is 34.9 Å². The fraction of sp³-hybridized carbons (Fsp3) is 0.440. The van der Waals surface area contributed by atoms with Crippen LogP contribution in [-0.4, -0.2) is 63.8 Å². The molecule has 0 atom stereocenters. The summed E-state index contributed by atoms with van der Waals surface area (Å²) >= 11 is 0. The number of amides is 2. The first-order valence-corrected chi connectivity index (χ1v) is 11.7. The SMILES string of the molecule is COc1c(C(=O)NC2CCN(C(=O)CO)CC2)n(C)c2c1c(=O)n(CCCC#N)c1ccccc21. The maximum atomic E-state index is 13.6. The van der Waals surface area contributed by atoms with E-state index in [2.05, 4.69) is 11.4 Å². The molecule has 1 aliphatic heterocycles. The van der Waals surface area contributed by atoms with E-state index in [9.17, 15) is 14.4 Å². The second kappa shape index (κ2) is 10.2. The van der Waals surface area contributed by atoms with Gasteiger partial charge in [0.1, 0.15) is 12.0 Å². The van der Waals surface area contributed by atoms with Crippen LogP contribution in [0.2, 0.25) is 0 Å². The van der Waals surface area contributed by atoms with Crippen molar-refractivity contribution in [1.82, 2.24) is 19.4 Å². The summed E-state index contributed by atoms with van der Waals surface area (Å²) in [6.07, 6.45) is 2.00. The number of carbonyl (C=O) groups is 2. The monoisotopic (exact) mass is 479 g/mol. The molecule has 0 spiro atoms. The lowest BCUT2D eigenvalue weighted by Gasteiger charge is -2.32. The Morgan fingerprint density at radius 2 is 1.97 bits per heavy atom. The Morgan fingerprint density at radius 3 is 2.63 bits per heavy atom. The van der Waals surface area contributed by atoms with Gasteiger partial charge in [0.25, 0.3) is 11.5 Å². The summed E-state index contributed by atoms with van der Waals surface area (Å²) in [6.45, 7) is 0.767. The molecule has 10 heteroatoms. The van der Waals surface area contributed by atoms with E-state index in [1.165, 1.54) is 7.11 Å². The number of nitrogens with one attached hydrogen (secondary N) is 1. The standard InChI is InChI=1S/C25H29N5O5/c1-28-21-17-7-3-4-8-18(17)30(12-6-5-11-26)25(34)20(21)23(35-2)22(28)24(33)27-16-9-13-29(14-10-16)19(32)15-31/h3-4,7-8,16,31H,5-6,9-10,12-15H2,1-2H3,(H,27,33). The van der Waals surface area contributed by atoms with E-state index in [0.29, 0.717) is 56.2 Å². The summed E-state index contributed by atoms with van der Waals surface area (Å²) in [4.78, 5) is 40.3. The van der Waals surface area contributed by atoms with Gasteiger partial charge < -0.3 is 29.2 Å². The molecule has 0 radical (unpaired) electrons. The first-order chi connectivity index (χ1) is 16.9. The van der Waals surface area contributed by atoms with Gasteiger partial charge in [-0.15, -0.1) is 0 Å². The smallest absolute Gasteiger partial charge is 0.272 e. The minimum absolute atomic E-state index is 0.146. The van der Waals surface area contributed by atoms with Crippen molar-refractivity contribution in [3.8, 4) is 11.8 Å². The van der Waals surface area contributed by atoms with Crippen molar-refractivity contribution in [2.45, 2.75) is 38.3 Å². The summed E-state index contributed by atoms with van der Waals surface area (Å²) in [5, 5.41) is 22.2. The fourth-order valence-electron chi connectivity index (χ4n) is 4.94. The quantitative estimate of drug-likeness (QED) is 0.494. The molecule has 2 N–H and O–H groups in total. The van der Waals surface area contributed by atoms with Crippen LogP contribution in [0, 0.1) is 11.3 Å². The first-order valence-electron chi connectivity index (χ1n) is 11.7. The summed E-state index contributed by atoms with van der Waals surface area (Å²) in [7, 11) is 3.19. The molecule has 10 nitrogen and oxygen atoms in total. The van der Waals surface area contributed by atoms with Crippen LogP contribution in [0.4, 0.5) is 0 Å². The lowest BCUT2D eigenvalue weighted by Crippen LogP contribution is -2.47. The highest BCUT2D eigenvalue weighted by atomic mass is 16.5.